The van der Waals surface area contributed by atoms with Crippen molar-refractivity contribution >= 4 is 41.2 Å². The monoisotopic (exact) mass is 396 g/mol. The Kier molecular flexibility index (Phi) is 7.67. The van der Waals surface area contributed by atoms with Crippen molar-refractivity contribution in [3.63, 3.8) is 0 Å². The van der Waals surface area contributed by atoms with E-state index >= 15 is 0 Å². The highest BCUT2D eigenvalue weighted by Crippen LogP contribution is 2.15. The van der Waals surface area contributed by atoms with E-state index in [0.717, 1.165) is 0 Å². The highest BCUT2D eigenvalue weighted by molar-refractivity contribution is 5.96. The predicted octanol–water partition coefficient (Wildman–Crippen LogP) is 2.63. The maximum Gasteiger partial charge on any atom is 0.337 e. The number of benzene rings is 2. The molecule has 0 bridgehead atoms. The summed E-state index contributed by atoms with van der Waals surface area (Å²) in [6.45, 7) is 0.917. The Hall–Kier alpha value is -3.94. The number of amides is 2. The average molecular weight is 396 g/mol. The van der Waals surface area contributed by atoms with Crippen LogP contribution in [0, 0.1) is 0 Å². The fourth-order valence-corrected chi connectivity index (χ4v) is 2.27. The van der Waals surface area contributed by atoms with Gasteiger partial charge >= 0.3 is 11.9 Å². The Bertz CT molecular complexity index is 934. The number of esters is 2. The van der Waals surface area contributed by atoms with E-state index in [1.807, 2.05) is 0 Å². The van der Waals surface area contributed by atoms with E-state index in [9.17, 15) is 19.2 Å². The van der Waals surface area contributed by atoms with Crippen molar-refractivity contribution < 1.29 is 28.7 Å². The van der Waals surface area contributed by atoms with Gasteiger partial charge in [0.1, 0.15) is 0 Å². The lowest BCUT2D eigenvalue weighted by atomic mass is 10.1. The number of rotatable bonds is 7. The average Bonchev–Trinajstić information content (AvgIpc) is 2.70. The molecule has 0 fully saturated rings. The summed E-state index contributed by atoms with van der Waals surface area (Å²) in [4.78, 5) is 46.1. The zero-order valence-corrected chi connectivity index (χ0v) is 15.9. The molecule has 0 heterocycles. The van der Waals surface area contributed by atoms with Gasteiger partial charge in [-0.1, -0.05) is 18.2 Å². The first kappa shape index (κ1) is 21.4. The maximum absolute atomic E-state index is 11.9. The first-order valence-corrected chi connectivity index (χ1v) is 8.58. The highest BCUT2D eigenvalue weighted by atomic mass is 16.5. The van der Waals surface area contributed by atoms with E-state index in [1.165, 1.54) is 26.2 Å². The van der Waals surface area contributed by atoms with Crippen molar-refractivity contribution in [3.05, 3.63) is 65.7 Å². The molecule has 0 saturated heterocycles. The molecule has 150 valence electrons. The minimum Gasteiger partial charge on any atom is -0.465 e. The van der Waals surface area contributed by atoms with Gasteiger partial charge in [-0.3, -0.25) is 9.59 Å². The molecule has 8 heteroatoms. The Morgan fingerprint density at radius 3 is 2.24 bits per heavy atom. The summed E-state index contributed by atoms with van der Waals surface area (Å²) in [5.41, 5.74) is 2.06. The standard InChI is InChI=1S/C21H20N2O6/c1-14(24)22-17-4-3-5-18(12-17)23-19(25)13-29-20(26)11-8-15-6-9-16(10-7-15)21(27)28-2/h3-12H,13H2,1-2H3,(H,22,24)(H,23,25)/b11-8+. The van der Waals surface area contributed by atoms with Gasteiger partial charge in [-0.2, -0.15) is 0 Å². The summed E-state index contributed by atoms with van der Waals surface area (Å²) >= 11 is 0. The van der Waals surface area contributed by atoms with E-state index in [1.54, 1.807) is 48.5 Å². The second kappa shape index (κ2) is 10.4. The number of nitrogens with one attached hydrogen (secondary N) is 2. The third-order valence-corrected chi connectivity index (χ3v) is 3.56. The molecular formula is C21H20N2O6. The minimum atomic E-state index is -0.691. The molecule has 0 spiro atoms. The molecule has 2 rings (SSSR count). The van der Waals surface area contributed by atoms with Gasteiger partial charge in [-0.25, -0.2) is 9.59 Å². The van der Waals surface area contributed by atoms with Crippen LogP contribution in [-0.2, 0) is 23.9 Å². The molecule has 0 aliphatic heterocycles. The molecule has 0 aliphatic rings. The van der Waals surface area contributed by atoms with Crippen molar-refractivity contribution in [2.24, 2.45) is 0 Å². The van der Waals surface area contributed by atoms with Gasteiger partial charge in [-0.05, 0) is 42.0 Å². The van der Waals surface area contributed by atoms with Crippen LogP contribution in [-0.4, -0.2) is 37.5 Å². The quantitative estimate of drug-likeness (QED) is 0.550. The lowest BCUT2D eigenvalue weighted by molar-refractivity contribution is -0.142. The number of carbonyl (C=O) groups is 4. The number of methoxy groups -OCH3 is 1. The van der Waals surface area contributed by atoms with Crippen molar-refractivity contribution in [1.29, 1.82) is 0 Å². The molecule has 0 aromatic heterocycles. The van der Waals surface area contributed by atoms with Crippen LogP contribution < -0.4 is 10.6 Å². The fourth-order valence-electron chi connectivity index (χ4n) is 2.27. The van der Waals surface area contributed by atoms with E-state index < -0.39 is 24.5 Å². The number of hydrogen-bond acceptors (Lipinski definition) is 6. The van der Waals surface area contributed by atoms with Crippen LogP contribution in [0.15, 0.2) is 54.6 Å². The molecule has 0 unspecified atom stereocenters. The van der Waals surface area contributed by atoms with Crippen LogP contribution in [0.25, 0.3) is 6.08 Å². The molecule has 0 saturated carbocycles. The molecule has 2 amide bonds. The van der Waals surface area contributed by atoms with Gasteiger partial charge in [0.15, 0.2) is 6.61 Å². The molecule has 2 aromatic rings. The summed E-state index contributed by atoms with van der Waals surface area (Å²) in [6.07, 6.45) is 2.68. The molecule has 0 aliphatic carbocycles. The van der Waals surface area contributed by atoms with Crippen LogP contribution >= 0.6 is 0 Å². The van der Waals surface area contributed by atoms with Gasteiger partial charge in [0.2, 0.25) is 5.91 Å². The van der Waals surface area contributed by atoms with Gasteiger partial charge in [0.25, 0.3) is 5.91 Å². The van der Waals surface area contributed by atoms with Crippen LogP contribution in [0.3, 0.4) is 0 Å². The second-order valence-electron chi connectivity index (χ2n) is 5.86. The maximum atomic E-state index is 11.9. The first-order valence-electron chi connectivity index (χ1n) is 8.58. The molecule has 2 aromatic carbocycles. The molecule has 29 heavy (non-hydrogen) atoms. The summed E-state index contributed by atoms with van der Waals surface area (Å²) < 4.78 is 9.50. The van der Waals surface area contributed by atoms with Crippen LogP contribution in [0.1, 0.15) is 22.8 Å². The van der Waals surface area contributed by atoms with Crippen molar-refractivity contribution in [1.82, 2.24) is 0 Å². The molecular weight excluding hydrogens is 376 g/mol. The molecule has 2 N–H and O–H groups in total. The van der Waals surface area contributed by atoms with E-state index in [0.29, 0.717) is 22.5 Å². The Morgan fingerprint density at radius 1 is 0.966 bits per heavy atom. The Balaban J connectivity index is 1.82. The van der Waals surface area contributed by atoms with Gasteiger partial charge in [-0.15, -0.1) is 0 Å². The largest absolute Gasteiger partial charge is 0.465 e. The smallest absolute Gasteiger partial charge is 0.337 e. The van der Waals surface area contributed by atoms with Crippen LogP contribution in [0.2, 0.25) is 0 Å². The van der Waals surface area contributed by atoms with Gasteiger partial charge < -0.3 is 20.1 Å². The number of carbonyl (C=O) groups excluding carboxylic acids is 4. The number of hydrogen-bond donors (Lipinski definition) is 2. The Morgan fingerprint density at radius 2 is 1.62 bits per heavy atom. The summed E-state index contributed by atoms with van der Waals surface area (Å²) in [5, 5.41) is 5.18. The van der Waals surface area contributed by atoms with Gasteiger partial charge in [0, 0.05) is 24.4 Å². The third-order valence-electron chi connectivity index (χ3n) is 3.56. The van der Waals surface area contributed by atoms with Gasteiger partial charge in [0.05, 0.1) is 12.7 Å². The first-order chi connectivity index (χ1) is 13.9. The number of ether oxygens (including phenoxy) is 2. The third kappa shape index (κ3) is 7.30. The molecule has 0 radical (unpaired) electrons. The normalized spacial score (nSPS) is 10.3. The fraction of sp³-hybridized carbons (Fsp3) is 0.143. The minimum absolute atomic E-state index is 0.228. The second-order valence-corrected chi connectivity index (χ2v) is 5.86. The van der Waals surface area contributed by atoms with Crippen molar-refractivity contribution in [3.8, 4) is 0 Å². The van der Waals surface area contributed by atoms with E-state index in [2.05, 4.69) is 15.4 Å². The molecule has 8 nitrogen and oxygen atoms in total. The summed E-state index contributed by atoms with van der Waals surface area (Å²) in [7, 11) is 1.29. The van der Waals surface area contributed by atoms with Crippen LogP contribution in [0.5, 0.6) is 0 Å². The highest BCUT2D eigenvalue weighted by Gasteiger charge is 2.07. The zero-order valence-electron chi connectivity index (χ0n) is 15.9. The van der Waals surface area contributed by atoms with Crippen molar-refractivity contribution in [2.45, 2.75) is 6.92 Å². The van der Waals surface area contributed by atoms with E-state index in [4.69, 9.17) is 4.74 Å². The summed E-state index contributed by atoms with van der Waals surface area (Å²) in [6, 6.07) is 13.0. The van der Waals surface area contributed by atoms with Crippen molar-refractivity contribution in [2.75, 3.05) is 24.4 Å². The summed E-state index contributed by atoms with van der Waals surface area (Å²) in [5.74, 6) is -1.89. The Labute approximate surface area is 167 Å². The van der Waals surface area contributed by atoms with Crippen LogP contribution in [0.4, 0.5) is 11.4 Å². The predicted molar refractivity (Wildman–Crippen MR) is 107 cm³/mol. The lowest BCUT2D eigenvalue weighted by Crippen LogP contribution is -2.20. The topological polar surface area (TPSA) is 111 Å². The number of anilines is 2. The zero-order chi connectivity index (χ0) is 21.2. The molecule has 0 atom stereocenters. The van der Waals surface area contributed by atoms with E-state index in [-0.39, 0.29) is 5.91 Å². The SMILES string of the molecule is COC(=O)c1ccc(/C=C/C(=O)OCC(=O)Nc2cccc(NC(C)=O)c2)cc1. The lowest BCUT2D eigenvalue weighted by Gasteiger charge is -2.08.